The molecule has 2 amide bonds. The van der Waals surface area contributed by atoms with E-state index in [-0.39, 0.29) is 24.2 Å². The maximum absolute atomic E-state index is 12.3. The van der Waals surface area contributed by atoms with Crippen molar-refractivity contribution in [2.75, 3.05) is 18.1 Å². The molecule has 0 saturated carbocycles. The van der Waals surface area contributed by atoms with Crippen LogP contribution < -0.4 is 15.0 Å². The average Bonchev–Trinajstić information content (AvgIpc) is 3.19. The van der Waals surface area contributed by atoms with E-state index in [9.17, 15) is 9.59 Å². The normalized spacial score (nSPS) is 17.0. The van der Waals surface area contributed by atoms with Crippen LogP contribution in [-0.2, 0) is 16.1 Å². The average molecular weight is 379 g/mol. The Hall–Kier alpha value is -2.05. The summed E-state index contributed by atoms with van der Waals surface area (Å²) in [4.78, 5) is 27.3. The lowest BCUT2D eigenvalue weighted by Gasteiger charge is -2.17. The number of ether oxygens (including phenoxy) is 1. The Morgan fingerprint density at radius 3 is 2.72 bits per heavy atom. The fraction of sp³-hybridized carbons (Fsp3) is 0.333. The zero-order chi connectivity index (χ0) is 17.8. The van der Waals surface area contributed by atoms with Crippen LogP contribution in [0.25, 0.3) is 0 Å². The maximum atomic E-state index is 12.3. The van der Waals surface area contributed by atoms with Crippen LogP contribution in [0.1, 0.15) is 18.2 Å². The summed E-state index contributed by atoms with van der Waals surface area (Å²) in [6.07, 6.45) is 0.226. The molecule has 5 nitrogen and oxygen atoms in total. The lowest BCUT2D eigenvalue weighted by atomic mass is 10.1. The highest BCUT2D eigenvalue weighted by molar-refractivity contribution is 7.16. The molecule has 1 N–H and O–H groups in total. The van der Waals surface area contributed by atoms with Gasteiger partial charge >= 0.3 is 0 Å². The number of halogens is 1. The monoisotopic (exact) mass is 378 g/mol. The van der Waals surface area contributed by atoms with E-state index in [0.29, 0.717) is 24.0 Å². The third-order valence-electron chi connectivity index (χ3n) is 4.02. The molecule has 25 heavy (non-hydrogen) atoms. The van der Waals surface area contributed by atoms with Crippen molar-refractivity contribution in [1.82, 2.24) is 5.32 Å². The number of hydrogen-bond acceptors (Lipinski definition) is 4. The second-order valence-electron chi connectivity index (χ2n) is 5.76. The Morgan fingerprint density at radius 2 is 2.08 bits per heavy atom. The second-order valence-corrected chi connectivity index (χ2v) is 7.56. The van der Waals surface area contributed by atoms with Crippen LogP contribution in [0.2, 0.25) is 4.34 Å². The maximum Gasteiger partial charge on any atom is 0.227 e. The standard InChI is InChI=1S/C18H19ClN2O3S/c1-2-24-14-5-3-13(4-6-14)21-11-12(9-17(21)22)18(23)20-10-15-7-8-16(19)25-15/h3-8,12H,2,9-11H2,1H3,(H,20,23). The van der Waals surface area contributed by atoms with Crippen LogP contribution in [0.4, 0.5) is 5.69 Å². The molecule has 1 unspecified atom stereocenters. The summed E-state index contributed by atoms with van der Waals surface area (Å²) in [6, 6.07) is 11.0. The van der Waals surface area contributed by atoms with Crippen molar-refractivity contribution >= 4 is 40.4 Å². The molecule has 3 rings (SSSR count). The van der Waals surface area contributed by atoms with E-state index >= 15 is 0 Å². The van der Waals surface area contributed by atoms with Gasteiger partial charge in [-0.2, -0.15) is 0 Å². The van der Waals surface area contributed by atoms with Gasteiger partial charge in [0.1, 0.15) is 5.75 Å². The highest BCUT2D eigenvalue weighted by Crippen LogP contribution is 2.27. The first-order valence-corrected chi connectivity index (χ1v) is 9.31. The molecule has 1 saturated heterocycles. The summed E-state index contributed by atoms with van der Waals surface area (Å²) in [5, 5.41) is 2.89. The SMILES string of the molecule is CCOc1ccc(N2CC(C(=O)NCc3ccc(Cl)s3)CC2=O)cc1. The fourth-order valence-corrected chi connectivity index (χ4v) is 3.81. The van der Waals surface area contributed by atoms with E-state index in [1.165, 1.54) is 11.3 Å². The Bertz CT molecular complexity index is 760. The third-order valence-corrected chi connectivity index (χ3v) is 5.25. The second kappa shape index (κ2) is 7.89. The van der Waals surface area contributed by atoms with Crippen LogP contribution in [0.15, 0.2) is 36.4 Å². The molecule has 2 aromatic rings. The first kappa shape index (κ1) is 17.8. The Morgan fingerprint density at radius 1 is 1.32 bits per heavy atom. The summed E-state index contributed by atoms with van der Waals surface area (Å²) in [5.41, 5.74) is 0.786. The number of hydrogen-bond donors (Lipinski definition) is 1. The van der Waals surface area contributed by atoms with Gasteiger partial charge in [0.15, 0.2) is 0 Å². The highest BCUT2D eigenvalue weighted by atomic mass is 35.5. The predicted octanol–water partition coefficient (Wildman–Crippen LogP) is 3.47. The molecular formula is C18H19ClN2O3S. The van der Waals surface area contributed by atoms with Crippen LogP contribution >= 0.6 is 22.9 Å². The number of carbonyl (C=O) groups is 2. The van der Waals surface area contributed by atoms with E-state index in [0.717, 1.165) is 16.3 Å². The van der Waals surface area contributed by atoms with Gasteiger partial charge in [0.05, 0.1) is 23.4 Å². The number of rotatable bonds is 6. The number of carbonyl (C=O) groups excluding carboxylic acids is 2. The summed E-state index contributed by atoms with van der Waals surface area (Å²) >= 11 is 7.32. The van der Waals surface area contributed by atoms with Crippen LogP contribution in [-0.4, -0.2) is 25.0 Å². The summed E-state index contributed by atoms with van der Waals surface area (Å²) in [7, 11) is 0. The Kier molecular flexibility index (Phi) is 5.60. The highest BCUT2D eigenvalue weighted by Gasteiger charge is 2.35. The Labute approximate surface area is 155 Å². The minimum absolute atomic E-state index is 0.0384. The molecule has 0 radical (unpaired) electrons. The topological polar surface area (TPSA) is 58.6 Å². The van der Waals surface area contributed by atoms with Crippen molar-refractivity contribution < 1.29 is 14.3 Å². The molecule has 0 spiro atoms. The molecule has 0 bridgehead atoms. The molecular weight excluding hydrogens is 360 g/mol. The fourth-order valence-electron chi connectivity index (χ4n) is 2.79. The van der Waals surface area contributed by atoms with E-state index in [4.69, 9.17) is 16.3 Å². The zero-order valence-electron chi connectivity index (χ0n) is 13.8. The number of nitrogens with one attached hydrogen (secondary N) is 1. The number of thiophene rings is 1. The lowest BCUT2D eigenvalue weighted by molar-refractivity contribution is -0.126. The van der Waals surface area contributed by atoms with Crippen LogP contribution in [0, 0.1) is 5.92 Å². The minimum Gasteiger partial charge on any atom is -0.494 e. The molecule has 7 heteroatoms. The molecule has 1 aromatic heterocycles. The van der Waals surface area contributed by atoms with Gasteiger partial charge in [-0.1, -0.05) is 11.6 Å². The minimum atomic E-state index is -0.338. The van der Waals surface area contributed by atoms with Crippen molar-refractivity contribution in [3.8, 4) is 5.75 Å². The van der Waals surface area contributed by atoms with Gasteiger partial charge in [-0.05, 0) is 43.3 Å². The number of nitrogens with zero attached hydrogens (tertiary/aromatic N) is 1. The predicted molar refractivity (Wildman–Crippen MR) is 99.2 cm³/mol. The van der Waals surface area contributed by atoms with E-state index in [2.05, 4.69) is 5.32 Å². The molecule has 1 atom stereocenters. The van der Waals surface area contributed by atoms with Gasteiger partial charge in [-0.25, -0.2) is 0 Å². The van der Waals surface area contributed by atoms with Gasteiger partial charge in [0.2, 0.25) is 11.8 Å². The Balaban J connectivity index is 1.58. The van der Waals surface area contributed by atoms with Crippen molar-refractivity contribution in [2.24, 2.45) is 5.92 Å². The van der Waals surface area contributed by atoms with Crippen LogP contribution in [0.3, 0.4) is 0 Å². The molecule has 0 aliphatic carbocycles. The van der Waals surface area contributed by atoms with Gasteiger partial charge in [0.25, 0.3) is 0 Å². The molecule has 1 fully saturated rings. The first-order chi connectivity index (χ1) is 12.1. The van der Waals surface area contributed by atoms with Gasteiger partial charge in [-0.3, -0.25) is 9.59 Å². The summed E-state index contributed by atoms with van der Waals surface area (Å²) in [5.74, 6) is 0.283. The van der Waals surface area contributed by atoms with E-state index in [1.54, 1.807) is 11.0 Å². The van der Waals surface area contributed by atoms with Crippen molar-refractivity contribution in [1.29, 1.82) is 0 Å². The zero-order valence-corrected chi connectivity index (χ0v) is 15.4. The van der Waals surface area contributed by atoms with Crippen molar-refractivity contribution in [3.05, 3.63) is 45.6 Å². The lowest BCUT2D eigenvalue weighted by Crippen LogP contribution is -2.32. The van der Waals surface area contributed by atoms with Crippen molar-refractivity contribution in [2.45, 2.75) is 19.9 Å². The molecule has 1 aromatic carbocycles. The quantitative estimate of drug-likeness (QED) is 0.837. The van der Waals surface area contributed by atoms with E-state index < -0.39 is 0 Å². The van der Waals surface area contributed by atoms with Gasteiger partial charge < -0.3 is 15.0 Å². The third kappa shape index (κ3) is 4.32. The largest absolute Gasteiger partial charge is 0.494 e. The number of anilines is 1. The van der Waals surface area contributed by atoms with Gasteiger partial charge in [-0.15, -0.1) is 11.3 Å². The molecule has 1 aliphatic rings. The summed E-state index contributed by atoms with van der Waals surface area (Å²) in [6.45, 7) is 3.35. The molecule has 1 aliphatic heterocycles. The first-order valence-electron chi connectivity index (χ1n) is 8.12. The van der Waals surface area contributed by atoms with Crippen molar-refractivity contribution in [3.63, 3.8) is 0 Å². The molecule has 132 valence electrons. The number of benzene rings is 1. The molecule has 2 heterocycles. The van der Waals surface area contributed by atoms with Gasteiger partial charge in [0, 0.05) is 23.5 Å². The van der Waals surface area contributed by atoms with Crippen LogP contribution in [0.5, 0.6) is 5.75 Å². The number of amides is 2. The smallest absolute Gasteiger partial charge is 0.227 e. The van der Waals surface area contributed by atoms with E-state index in [1.807, 2.05) is 37.3 Å². The summed E-state index contributed by atoms with van der Waals surface area (Å²) < 4.78 is 6.11.